The third-order valence-corrected chi connectivity index (χ3v) is 4.22. The predicted octanol–water partition coefficient (Wildman–Crippen LogP) is 3.45. The number of rotatable bonds is 7. The fourth-order valence-electron chi connectivity index (χ4n) is 2.34. The molecule has 0 radical (unpaired) electrons. The molecule has 29 heavy (non-hydrogen) atoms. The highest BCUT2D eigenvalue weighted by Gasteiger charge is 2.29. The number of hydrogen-bond donors (Lipinski definition) is 3. The number of carbonyl (C=O) groups excluding carboxylic acids is 3. The van der Waals surface area contributed by atoms with Crippen LogP contribution in [0, 0.1) is 5.92 Å². The number of halogens is 1. The van der Waals surface area contributed by atoms with E-state index in [-0.39, 0.29) is 11.1 Å². The monoisotopic (exact) mass is 418 g/mol. The summed E-state index contributed by atoms with van der Waals surface area (Å²) < 4.78 is 5.24. The molecule has 1 heterocycles. The van der Waals surface area contributed by atoms with Crippen LogP contribution < -0.4 is 16.0 Å². The Hall–Kier alpha value is -3.13. The molecule has 8 nitrogen and oxygen atoms in total. The Labute approximate surface area is 174 Å². The second kappa shape index (κ2) is 10.4. The third-order valence-electron chi connectivity index (χ3n) is 3.92. The molecule has 0 saturated carbocycles. The highest BCUT2D eigenvalue weighted by Crippen LogP contribution is 2.18. The van der Waals surface area contributed by atoms with Crippen LogP contribution in [0.1, 0.15) is 20.8 Å². The Morgan fingerprint density at radius 1 is 1.00 bits per heavy atom. The zero-order valence-corrected chi connectivity index (χ0v) is 17.1. The Bertz CT molecular complexity index is 861. The van der Waals surface area contributed by atoms with Gasteiger partial charge in [0.2, 0.25) is 0 Å². The van der Waals surface area contributed by atoms with Crippen LogP contribution in [0.2, 0.25) is 5.15 Å². The maximum Gasteiger partial charge on any atom is 0.329 e. The molecule has 3 N–H and O–H groups in total. The highest BCUT2D eigenvalue weighted by atomic mass is 35.5. The summed E-state index contributed by atoms with van der Waals surface area (Å²) in [6.07, 6.45) is 0.389. The first-order valence-corrected chi connectivity index (χ1v) is 9.40. The van der Waals surface area contributed by atoms with E-state index in [0.29, 0.717) is 11.4 Å². The lowest BCUT2D eigenvalue weighted by molar-refractivity contribution is -0.156. The van der Waals surface area contributed by atoms with Crippen molar-refractivity contribution in [2.75, 3.05) is 10.6 Å². The Morgan fingerprint density at radius 2 is 1.69 bits per heavy atom. The normalized spacial score (nSPS) is 12.6. The van der Waals surface area contributed by atoms with Crippen molar-refractivity contribution in [3.05, 3.63) is 53.8 Å². The lowest BCUT2D eigenvalue weighted by atomic mass is 10.0. The summed E-state index contributed by atoms with van der Waals surface area (Å²) in [7, 11) is 0. The minimum Gasteiger partial charge on any atom is -0.451 e. The van der Waals surface area contributed by atoms with Crippen molar-refractivity contribution in [1.29, 1.82) is 0 Å². The van der Waals surface area contributed by atoms with Gasteiger partial charge in [-0.15, -0.1) is 0 Å². The topological polar surface area (TPSA) is 109 Å². The number of hydrogen-bond acceptors (Lipinski definition) is 5. The van der Waals surface area contributed by atoms with Crippen LogP contribution in [0.3, 0.4) is 0 Å². The molecule has 0 bridgehead atoms. The molecule has 0 aliphatic rings. The van der Waals surface area contributed by atoms with Crippen LogP contribution in [0.4, 0.5) is 16.2 Å². The molecule has 0 aliphatic carbocycles. The Balaban J connectivity index is 1.94. The SMILES string of the molecule is CC(C)[C@H](NC(=O)Nc1ccccc1)C(=O)O[C@@H](C)C(=O)Nc1cccnc1Cl. The molecule has 2 rings (SSSR count). The zero-order valence-electron chi connectivity index (χ0n) is 16.3. The molecule has 154 valence electrons. The van der Waals surface area contributed by atoms with Gasteiger partial charge in [-0.2, -0.15) is 0 Å². The average Bonchev–Trinajstić information content (AvgIpc) is 2.68. The van der Waals surface area contributed by atoms with Gasteiger partial charge in [0.1, 0.15) is 6.04 Å². The molecule has 0 saturated heterocycles. The molecule has 1 aromatic carbocycles. The van der Waals surface area contributed by atoms with Gasteiger partial charge >= 0.3 is 12.0 Å². The zero-order chi connectivity index (χ0) is 21.4. The molecule has 0 unspecified atom stereocenters. The summed E-state index contributed by atoms with van der Waals surface area (Å²) >= 11 is 5.91. The Kier molecular flexibility index (Phi) is 7.97. The number of carbonyl (C=O) groups is 3. The molecule has 0 aliphatic heterocycles. The number of aromatic nitrogens is 1. The quantitative estimate of drug-likeness (QED) is 0.471. The number of nitrogens with zero attached hydrogens (tertiary/aromatic N) is 1. The molecule has 9 heteroatoms. The van der Waals surface area contributed by atoms with Gasteiger partial charge < -0.3 is 20.7 Å². The minimum absolute atomic E-state index is 0.124. The van der Waals surface area contributed by atoms with Gasteiger partial charge in [-0.3, -0.25) is 4.79 Å². The van der Waals surface area contributed by atoms with Crippen LogP contribution in [0.15, 0.2) is 48.7 Å². The van der Waals surface area contributed by atoms with Crippen molar-refractivity contribution in [2.45, 2.75) is 32.9 Å². The second-order valence-corrected chi connectivity index (χ2v) is 6.95. The van der Waals surface area contributed by atoms with E-state index in [1.165, 1.54) is 13.1 Å². The van der Waals surface area contributed by atoms with Crippen molar-refractivity contribution >= 4 is 40.9 Å². The van der Waals surface area contributed by atoms with Gasteiger partial charge in [0.15, 0.2) is 11.3 Å². The third kappa shape index (κ3) is 6.76. The van der Waals surface area contributed by atoms with Gasteiger partial charge in [0, 0.05) is 11.9 Å². The fourth-order valence-corrected chi connectivity index (χ4v) is 2.51. The van der Waals surface area contributed by atoms with Crippen molar-refractivity contribution in [1.82, 2.24) is 10.3 Å². The molecule has 0 fully saturated rings. The molecule has 0 spiro atoms. The first kappa shape index (κ1) is 22.2. The number of ether oxygens (including phenoxy) is 1. The van der Waals surface area contributed by atoms with E-state index in [1.54, 1.807) is 50.2 Å². The van der Waals surface area contributed by atoms with Crippen molar-refractivity contribution in [3.8, 4) is 0 Å². The van der Waals surface area contributed by atoms with Gasteiger partial charge in [-0.25, -0.2) is 14.6 Å². The predicted molar refractivity (Wildman–Crippen MR) is 111 cm³/mol. The van der Waals surface area contributed by atoms with Crippen LogP contribution in [-0.4, -0.2) is 35.0 Å². The number of anilines is 2. The van der Waals surface area contributed by atoms with Crippen molar-refractivity contribution in [2.24, 2.45) is 5.92 Å². The minimum atomic E-state index is -1.10. The van der Waals surface area contributed by atoms with Gasteiger partial charge in [0.25, 0.3) is 5.91 Å². The number of pyridine rings is 1. The number of esters is 1. The number of para-hydroxylation sites is 1. The summed E-state index contributed by atoms with van der Waals surface area (Å²) in [6.45, 7) is 4.95. The summed E-state index contributed by atoms with van der Waals surface area (Å²) in [6, 6.07) is 10.5. The number of amides is 3. The second-order valence-electron chi connectivity index (χ2n) is 6.60. The lowest BCUT2D eigenvalue weighted by Crippen LogP contribution is -2.48. The van der Waals surface area contributed by atoms with Crippen molar-refractivity contribution < 1.29 is 19.1 Å². The van der Waals surface area contributed by atoms with Gasteiger partial charge in [-0.05, 0) is 37.1 Å². The van der Waals surface area contributed by atoms with E-state index >= 15 is 0 Å². The molecule has 2 aromatic rings. The molecular weight excluding hydrogens is 396 g/mol. The average molecular weight is 419 g/mol. The molecule has 2 atom stereocenters. The van der Waals surface area contributed by atoms with Gasteiger partial charge in [-0.1, -0.05) is 43.6 Å². The lowest BCUT2D eigenvalue weighted by Gasteiger charge is -2.23. The van der Waals surface area contributed by atoms with E-state index in [0.717, 1.165) is 0 Å². The number of benzene rings is 1. The molecule has 1 aromatic heterocycles. The first-order chi connectivity index (χ1) is 13.8. The van der Waals surface area contributed by atoms with Crippen LogP contribution in [0.25, 0.3) is 0 Å². The van der Waals surface area contributed by atoms with Crippen LogP contribution in [0.5, 0.6) is 0 Å². The van der Waals surface area contributed by atoms with Gasteiger partial charge in [0.05, 0.1) is 5.69 Å². The maximum atomic E-state index is 12.5. The fraction of sp³-hybridized carbons (Fsp3) is 0.300. The van der Waals surface area contributed by atoms with E-state index in [4.69, 9.17) is 16.3 Å². The van der Waals surface area contributed by atoms with Crippen LogP contribution >= 0.6 is 11.6 Å². The molecule has 3 amide bonds. The largest absolute Gasteiger partial charge is 0.451 e. The summed E-state index contributed by atoms with van der Waals surface area (Å²) in [4.78, 5) is 40.9. The summed E-state index contributed by atoms with van der Waals surface area (Å²) in [5, 5.41) is 7.89. The highest BCUT2D eigenvalue weighted by molar-refractivity contribution is 6.32. The van der Waals surface area contributed by atoms with E-state index < -0.39 is 30.1 Å². The summed E-state index contributed by atoms with van der Waals surface area (Å²) in [5.41, 5.74) is 0.893. The van der Waals surface area contributed by atoms with Crippen molar-refractivity contribution in [3.63, 3.8) is 0 Å². The van der Waals surface area contributed by atoms with Crippen LogP contribution in [-0.2, 0) is 14.3 Å². The van der Waals surface area contributed by atoms with E-state index in [2.05, 4.69) is 20.9 Å². The number of nitrogens with one attached hydrogen (secondary N) is 3. The smallest absolute Gasteiger partial charge is 0.329 e. The molecular formula is C20H23ClN4O4. The number of urea groups is 1. The Morgan fingerprint density at radius 3 is 2.31 bits per heavy atom. The maximum absolute atomic E-state index is 12.5. The first-order valence-electron chi connectivity index (χ1n) is 9.02. The van der Waals surface area contributed by atoms with E-state index in [1.807, 2.05) is 6.07 Å². The van der Waals surface area contributed by atoms with E-state index in [9.17, 15) is 14.4 Å². The standard InChI is InChI=1S/C20H23ClN4O4/c1-12(2)16(25-20(28)23-14-8-5-4-6-9-14)19(27)29-13(3)18(26)24-15-10-7-11-22-17(15)21/h4-13,16H,1-3H3,(H,24,26)(H2,23,25,28)/t13-,16-/m0/s1. The summed E-state index contributed by atoms with van der Waals surface area (Å²) in [5.74, 6) is -1.54.